The zero-order valence-corrected chi connectivity index (χ0v) is 13.1. The van der Waals surface area contributed by atoms with E-state index in [1.165, 1.54) is 0 Å². The maximum atomic E-state index is 12.1. The molecule has 1 fully saturated rings. The maximum Gasteiger partial charge on any atom is 0.227 e. The second-order valence-corrected chi connectivity index (χ2v) is 7.37. The van der Waals surface area contributed by atoms with E-state index in [2.05, 4.69) is 10.0 Å². The summed E-state index contributed by atoms with van der Waals surface area (Å²) in [6.07, 6.45) is 2.46. The third-order valence-electron chi connectivity index (χ3n) is 3.96. The molecular formula is C15H22N2O3S. The van der Waals surface area contributed by atoms with E-state index in [4.69, 9.17) is 0 Å². The van der Waals surface area contributed by atoms with Crippen molar-refractivity contribution in [3.05, 3.63) is 35.9 Å². The first-order valence-corrected chi connectivity index (χ1v) is 8.92. The SMILES string of the molecule is CCNC(=O)C1(CNS(=O)(=O)Cc2ccccc2)CCC1. The number of nitrogens with one attached hydrogen (secondary N) is 2. The Bertz CT molecular complexity index is 580. The lowest BCUT2D eigenvalue weighted by Crippen LogP contribution is -2.52. The molecule has 2 N–H and O–H groups in total. The van der Waals surface area contributed by atoms with Crippen molar-refractivity contribution in [3.63, 3.8) is 0 Å². The number of amides is 1. The Labute approximate surface area is 126 Å². The zero-order valence-electron chi connectivity index (χ0n) is 12.3. The van der Waals surface area contributed by atoms with E-state index in [1.54, 1.807) is 12.1 Å². The Balaban J connectivity index is 1.96. The van der Waals surface area contributed by atoms with Crippen molar-refractivity contribution in [2.45, 2.75) is 31.9 Å². The first-order valence-electron chi connectivity index (χ1n) is 7.27. The first-order chi connectivity index (χ1) is 9.97. The van der Waals surface area contributed by atoms with E-state index >= 15 is 0 Å². The van der Waals surface area contributed by atoms with Gasteiger partial charge in [-0.25, -0.2) is 13.1 Å². The smallest absolute Gasteiger partial charge is 0.227 e. The molecule has 1 aromatic carbocycles. The molecular weight excluding hydrogens is 288 g/mol. The van der Waals surface area contributed by atoms with Crippen molar-refractivity contribution in [1.29, 1.82) is 0 Å². The highest BCUT2D eigenvalue weighted by molar-refractivity contribution is 7.88. The summed E-state index contributed by atoms with van der Waals surface area (Å²) in [7, 11) is -3.42. The molecule has 0 aliphatic heterocycles. The molecule has 1 aliphatic carbocycles. The Kier molecular flexibility index (Phi) is 5.00. The number of sulfonamides is 1. The standard InChI is InChI=1S/C15H22N2O3S/c1-2-16-14(18)15(9-6-10-15)12-17-21(19,20)11-13-7-4-3-5-8-13/h3-5,7-8,17H,2,6,9-12H2,1H3,(H,16,18). The Morgan fingerprint density at radius 2 is 1.90 bits per heavy atom. The second-order valence-electron chi connectivity index (χ2n) is 5.56. The molecule has 116 valence electrons. The second kappa shape index (κ2) is 6.58. The molecule has 1 saturated carbocycles. The van der Waals surface area contributed by atoms with Crippen molar-refractivity contribution >= 4 is 15.9 Å². The van der Waals surface area contributed by atoms with Gasteiger partial charge in [0.2, 0.25) is 15.9 Å². The van der Waals surface area contributed by atoms with Crippen LogP contribution in [0.3, 0.4) is 0 Å². The lowest BCUT2D eigenvalue weighted by Gasteiger charge is -2.40. The van der Waals surface area contributed by atoms with E-state index < -0.39 is 15.4 Å². The van der Waals surface area contributed by atoms with Gasteiger partial charge in [0.05, 0.1) is 11.2 Å². The largest absolute Gasteiger partial charge is 0.356 e. The molecule has 0 heterocycles. The van der Waals surface area contributed by atoms with E-state index in [-0.39, 0.29) is 18.2 Å². The molecule has 1 aromatic rings. The summed E-state index contributed by atoms with van der Waals surface area (Å²) in [4.78, 5) is 12.1. The van der Waals surface area contributed by atoms with Crippen LogP contribution in [-0.4, -0.2) is 27.4 Å². The van der Waals surface area contributed by atoms with Crippen molar-refractivity contribution in [3.8, 4) is 0 Å². The van der Waals surface area contributed by atoms with Gasteiger partial charge < -0.3 is 5.32 Å². The van der Waals surface area contributed by atoms with Gasteiger partial charge in [-0.3, -0.25) is 4.79 Å². The third kappa shape index (κ3) is 4.04. The van der Waals surface area contributed by atoms with E-state index in [1.807, 2.05) is 25.1 Å². The summed E-state index contributed by atoms with van der Waals surface area (Å²) in [5.41, 5.74) is 0.186. The minimum atomic E-state index is -3.42. The molecule has 0 bridgehead atoms. The lowest BCUT2D eigenvalue weighted by molar-refractivity contribution is -0.135. The van der Waals surface area contributed by atoms with Crippen LogP contribution in [0.5, 0.6) is 0 Å². The summed E-state index contributed by atoms with van der Waals surface area (Å²) in [6.45, 7) is 2.62. The molecule has 0 aromatic heterocycles. The van der Waals surface area contributed by atoms with Gasteiger partial charge in [-0.15, -0.1) is 0 Å². The fraction of sp³-hybridized carbons (Fsp3) is 0.533. The van der Waals surface area contributed by atoms with Gasteiger partial charge in [-0.1, -0.05) is 36.8 Å². The van der Waals surface area contributed by atoms with Crippen LogP contribution in [0.4, 0.5) is 0 Å². The minimum Gasteiger partial charge on any atom is -0.356 e. The predicted octanol–water partition coefficient (Wildman–Crippen LogP) is 1.41. The molecule has 1 aliphatic rings. The number of carbonyl (C=O) groups excluding carboxylic acids is 1. The number of rotatable bonds is 7. The minimum absolute atomic E-state index is 0.0429. The van der Waals surface area contributed by atoms with Gasteiger partial charge >= 0.3 is 0 Å². The molecule has 0 spiro atoms. The van der Waals surface area contributed by atoms with Crippen molar-refractivity contribution in [2.75, 3.05) is 13.1 Å². The van der Waals surface area contributed by atoms with Crippen molar-refractivity contribution < 1.29 is 13.2 Å². The normalized spacial score (nSPS) is 17.0. The molecule has 21 heavy (non-hydrogen) atoms. The van der Waals surface area contributed by atoms with Gasteiger partial charge in [0.1, 0.15) is 0 Å². The first kappa shape index (κ1) is 16.0. The van der Waals surface area contributed by atoms with E-state index in [9.17, 15) is 13.2 Å². The van der Waals surface area contributed by atoms with Gasteiger partial charge in [0.15, 0.2) is 0 Å². The molecule has 6 heteroatoms. The van der Waals surface area contributed by atoms with Crippen LogP contribution in [-0.2, 0) is 20.6 Å². The molecule has 0 saturated heterocycles. The highest BCUT2D eigenvalue weighted by atomic mass is 32.2. The van der Waals surface area contributed by atoms with Crippen LogP contribution in [0.25, 0.3) is 0 Å². The Morgan fingerprint density at radius 3 is 2.43 bits per heavy atom. The van der Waals surface area contributed by atoms with Crippen LogP contribution in [0.15, 0.2) is 30.3 Å². The Hall–Kier alpha value is -1.40. The van der Waals surface area contributed by atoms with Crippen molar-refractivity contribution in [2.24, 2.45) is 5.41 Å². The number of hydrogen-bond donors (Lipinski definition) is 2. The fourth-order valence-electron chi connectivity index (χ4n) is 2.53. The number of hydrogen-bond acceptors (Lipinski definition) is 3. The molecule has 2 rings (SSSR count). The Morgan fingerprint density at radius 1 is 1.24 bits per heavy atom. The highest BCUT2D eigenvalue weighted by Crippen LogP contribution is 2.40. The summed E-state index contributed by atoms with van der Waals surface area (Å²) >= 11 is 0. The fourth-order valence-corrected chi connectivity index (χ4v) is 3.76. The average molecular weight is 310 g/mol. The topological polar surface area (TPSA) is 75.3 Å². The van der Waals surface area contributed by atoms with Crippen LogP contribution < -0.4 is 10.0 Å². The number of benzene rings is 1. The van der Waals surface area contributed by atoms with Crippen LogP contribution in [0, 0.1) is 5.41 Å². The zero-order chi connectivity index (χ0) is 15.3. The summed E-state index contributed by atoms with van der Waals surface area (Å²) < 4.78 is 26.8. The predicted molar refractivity (Wildman–Crippen MR) is 82.0 cm³/mol. The maximum absolute atomic E-state index is 12.1. The van der Waals surface area contributed by atoms with Crippen LogP contribution >= 0.6 is 0 Å². The van der Waals surface area contributed by atoms with Gasteiger partial charge in [-0.2, -0.15) is 0 Å². The molecule has 5 nitrogen and oxygen atoms in total. The third-order valence-corrected chi connectivity index (χ3v) is 5.26. The molecule has 0 atom stereocenters. The lowest BCUT2D eigenvalue weighted by atomic mass is 9.68. The van der Waals surface area contributed by atoms with E-state index in [0.717, 1.165) is 24.8 Å². The molecule has 0 radical (unpaired) electrons. The summed E-state index contributed by atoms with van der Waals surface area (Å²) in [5.74, 6) is -0.0991. The average Bonchev–Trinajstić information content (AvgIpc) is 2.38. The summed E-state index contributed by atoms with van der Waals surface area (Å²) in [5, 5.41) is 2.80. The van der Waals surface area contributed by atoms with Gasteiger partial charge in [-0.05, 0) is 25.3 Å². The monoisotopic (exact) mass is 310 g/mol. The molecule has 1 amide bonds. The quantitative estimate of drug-likeness (QED) is 0.799. The van der Waals surface area contributed by atoms with Crippen LogP contribution in [0.2, 0.25) is 0 Å². The summed E-state index contributed by atoms with van der Waals surface area (Å²) in [6, 6.07) is 9.03. The number of carbonyl (C=O) groups is 1. The van der Waals surface area contributed by atoms with Gasteiger partial charge in [0, 0.05) is 13.1 Å². The van der Waals surface area contributed by atoms with Gasteiger partial charge in [0.25, 0.3) is 0 Å². The highest BCUT2D eigenvalue weighted by Gasteiger charge is 2.44. The molecule has 0 unspecified atom stereocenters. The van der Waals surface area contributed by atoms with Crippen molar-refractivity contribution in [1.82, 2.24) is 10.0 Å². The van der Waals surface area contributed by atoms with Crippen LogP contribution in [0.1, 0.15) is 31.7 Å². The van der Waals surface area contributed by atoms with E-state index in [0.29, 0.717) is 6.54 Å².